The zero-order valence-electron chi connectivity index (χ0n) is 12.3. The first-order valence-corrected chi connectivity index (χ1v) is 7.26. The van der Waals surface area contributed by atoms with Crippen LogP contribution in [0.2, 0.25) is 5.02 Å². The summed E-state index contributed by atoms with van der Waals surface area (Å²) in [4.78, 5) is 8.56. The lowest BCUT2D eigenvalue weighted by atomic mass is 10.00. The topological polar surface area (TPSA) is 58.8 Å². The average molecular weight is 322 g/mol. The Bertz CT molecular complexity index is 871. The number of hydrogen-bond acceptors (Lipinski definition) is 4. The van der Waals surface area contributed by atoms with E-state index in [-0.39, 0.29) is 0 Å². The van der Waals surface area contributed by atoms with Crippen LogP contribution in [-0.4, -0.2) is 17.1 Å². The predicted molar refractivity (Wildman–Crippen MR) is 89.2 cm³/mol. The smallest absolute Gasteiger partial charge is 0.232 e. The van der Waals surface area contributed by atoms with Gasteiger partial charge in [-0.25, -0.2) is 4.98 Å². The molecule has 3 rings (SSSR count). The van der Waals surface area contributed by atoms with Crippen LogP contribution in [0.3, 0.4) is 0 Å². The first-order chi connectivity index (χ1) is 11.2. The number of hydrogen-bond donors (Lipinski definition) is 0. The van der Waals surface area contributed by atoms with Crippen molar-refractivity contribution in [1.82, 2.24) is 9.97 Å². The van der Waals surface area contributed by atoms with Crippen LogP contribution in [0.1, 0.15) is 5.56 Å². The van der Waals surface area contributed by atoms with Crippen molar-refractivity contribution in [3.63, 3.8) is 0 Å². The molecule has 2 aromatic heterocycles. The number of rotatable bonds is 3. The molecule has 1 aromatic carbocycles. The van der Waals surface area contributed by atoms with E-state index in [1.54, 1.807) is 24.5 Å². The van der Waals surface area contributed by atoms with Crippen LogP contribution in [0.5, 0.6) is 5.88 Å². The summed E-state index contributed by atoms with van der Waals surface area (Å²) < 4.78 is 5.30. The first kappa shape index (κ1) is 15.0. The van der Waals surface area contributed by atoms with Crippen LogP contribution in [0.15, 0.2) is 54.9 Å². The molecule has 0 fully saturated rings. The van der Waals surface area contributed by atoms with Gasteiger partial charge in [0.1, 0.15) is 11.6 Å². The summed E-state index contributed by atoms with van der Waals surface area (Å²) in [5.74, 6) is 0.291. The second kappa shape index (κ2) is 6.47. The Balaban J connectivity index is 2.24. The van der Waals surface area contributed by atoms with E-state index < -0.39 is 0 Å². The van der Waals surface area contributed by atoms with Gasteiger partial charge in [0.15, 0.2) is 0 Å². The van der Waals surface area contributed by atoms with E-state index >= 15 is 0 Å². The van der Waals surface area contributed by atoms with Crippen molar-refractivity contribution >= 4 is 11.6 Å². The lowest BCUT2D eigenvalue weighted by Gasteiger charge is -2.11. The van der Waals surface area contributed by atoms with Gasteiger partial charge in [0.2, 0.25) is 5.88 Å². The molecule has 0 N–H and O–H groups in total. The Kier molecular flexibility index (Phi) is 4.22. The van der Waals surface area contributed by atoms with Crippen LogP contribution in [-0.2, 0) is 0 Å². The Hall–Kier alpha value is -2.90. The van der Waals surface area contributed by atoms with E-state index in [0.717, 1.165) is 16.7 Å². The van der Waals surface area contributed by atoms with E-state index in [4.69, 9.17) is 16.3 Å². The lowest BCUT2D eigenvalue weighted by molar-refractivity contribution is 0.397. The van der Waals surface area contributed by atoms with Crippen molar-refractivity contribution in [2.75, 3.05) is 7.11 Å². The molecule has 0 amide bonds. The molecule has 0 unspecified atom stereocenters. The normalized spacial score (nSPS) is 10.1. The number of nitrogens with zero attached hydrogens (tertiary/aromatic N) is 3. The van der Waals surface area contributed by atoms with Gasteiger partial charge in [-0.15, -0.1) is 0 Å². The van der Waals surface area contributed by atoms with Crippen molar-refractivity contribution in [3.8, 4) is 34.3 Å². The highest BCUT2D eigenvalue weighted by atomic mass is 35.5. The minimum Gasteiger partial charge on any atom is -0.480 e. The van der Waals surface area contributed by atoms with Gasteiger partial charge in [-0.05, 0) is 24.3 Å². The molecule has 23 heavy (non-hydrogen) atoms. The molecule has 5 heteroatoms. The minimum absolute atomic E-state index is 0.291. The van der Waals surface area contributed by atoms with Gasteiger partial charge in [0.05, 0.1) is 12.8 Å². The fourth-order valence-corrected chi connectivity index (χ4v) is 2.42. The lowest BCUT2D eigenvalue weighted by Crippen LogP contribution is -1.97. The molecule has 4 nitrogen and oxygen atoms in total. The monoisotopic (exact) mass is 321 g/mol. The summed E-state index contributed by atoms with van der Waals surface area (Å²) in [6.07, 6.45) is 3.40. The van der Waals surface area contributed by atoms with Crippen molar-refractivity contribution < 1.29 is 4.74 Å². The Morgan fingerprint density at radius 3 is 2.52 bits per heavy atom. The maximum Gasteiger partial charge on any atom is 0.232 e. The highest BCUT2D eigenvalue weighted by Crippen LogP contribution is 2.33. The van der Waals surface area contributed by atoms with Gasteiger partial charge in [0, 0.05) is 34.1 Å². The van der Waals surface area contributed by atoms with E-state index in [2.05, 4.69) is 16.0 Å². The number of nitriles is 1. The van der Waals surface area contributed by atoms with Crippen molar-refractivity contribution in [3.05, 3.63) is 65.4 Å². The number of halogens is 1. The highest BCUT2D eigenvalue weighted by Gasteiger charge is 2.15. The van der Waals surface area contributed by atoms with Crippen LogP contribution in [0.4, 0.5) is 0 Å². The SMILES string of the molecule is COc1nc(-c2ccc(Cl)cc2)cc(-c2cccnc2)c1C#N. The maximum absolute atomic E-state index is 9.48. The zero-order valence-corrected chi connectivity index (χ0v) is 13.1. The molecular weight excluding hydrogens is 310 g/mol. The summed E-state index contributed by atoms with van der Waals surface area (Å²) in [5, 5.41) is 10.1. The van der Waals surface area contributed by atoms with Crippen molar-refractivity contribution in [1.29, 1.82) is 5.26 Å². The largest absolute Gasteiger partial charge is 0.480 e. The number of aromatic nitrogens is 2. The van der Waals surface area contributed by atoms with Gasteiger partial charge < -0.3 is 4.74 Å². The second-order valence-electron chi connectivity index (χ2n) is 4.80. The molecule has 0 bridgehead atoms. The van der Waals surface area contributed by atoms with Gasteiger partial charge in [-0.2, -0.15) is 5.26 Å². The molecule has 0 saturated heterocycles. The van der Waals surface area contributed by atoms with Gasteiger partial charge >= 0.3 is 0 Å². The third kappa shape index (κ3) is 3.01. The van der Waals surface area contributed by atoms with Crippen molar-refractivity contribution in [2.45, 2.75) is 0 Å². The standard InChI is InChI=1S/C18H12ClN3O/c1-23-18-16(10-20)15(13-3-2-8-21-11-13)9-17(22-18)12-4-6-14(19)7-5-12/h2-9,11H,1H3. The molecule has 0 aliphatic carbocycles. The highest BCUT2D eigenvalue weighted by molar-refractivity contribution is 6.30. The summed E-state index contributed by atoms with van der Waals surface area (Å²) in [6, 6.07) is 15.1. The fraction of sp³-hybridized carbons (Fsp3) is 0.0556. The van der Waals surface area contributed by atoms with Gasteiger partial charge in [-0.1, -0.05) is 29.8 Å². The van der Waals surface area contributed by atoms with Gasteiger partial charge in [0.25, 0.3) is 0 Å². The van der Waals surface area contributed by atoms with E-state index in [9.17, 15) is 5.26 Å². The molecular formula is C18H12ClN3O. The quantitative estimate of drug-likeness (QED) is 0.719. The van der Waals surface area contributed by atoms with Crippen LogP contribution < -0.4 is 4.74 Å². The number of pyridine rings is 2. The first-order valence-electron chi connectivity index (χ1n) is 6.88. The molecule has 0 aliphatic rings. The average Bonchev–Trinajstić information content (AvgIpc) is 2.62. The van der Waals surface area contributed by atoms with Crippen molar-refractivity contribution in [2.24, 2.45) is 0 Å². The Morgan fingerprint density at radius 2 is 1.91 bits per heavy atom. The van der Waals surface area contributed by atoms with E-state index in [1.165, 1.54) is 7.11 Å². The van der Waals surface area contributed by atoms with Gasteiger partial charge in [-0.3, -0.25) is 4.98 Å². The molecule has 0 spiro atoms. The molecule has 0 aliphatic heterocycles. The van der Waals surface area contributed by atoms with Crippen LogP contribution >= 0.6 is 11.6 Å². The van der Waals surface area contributed by atoms with Crippen LogP contribution in [0.25, 0.3) is 22.4 Å². The molecule has 0 atom stereocenters. The number of ether oxygens (including phenoxy) is 1. The molecule has 0 saturated carbocycles. The predicted octanol–water partition coefficient (Wildman–Crippen LogP) is 4.34. The van der Waals surface area contributed by atoms with E-state index in [0.29, 0.717) is 22.2 Å². The zero-order chi connectivity index (χ0) is 16.2. The summed E-state index contributed by atoms with van der Waals surface area (Å²) in [5.41, 5.74) is 3.55. The second-order valence-corrected chi connectivity index (χ2v) is 5.24. The summed E-state index contributed by atoms with van der Waals surface area (Å²) in [6.45, 7) is 0. The minimum atomic E-state index is 0.291. The summed E-state index contributed by atoms with van der Waals surface area (Å²) >= 11 is 5.94. The maximum atomic E-state index is 9.48. The molecule has 0 radical (unpaired) electrons. The van der Waals surface area contributed by atoms with E-state index in [1.807, 2.05) is 30.3 Å². The number of benzene rings is 1. The summed E-state index contributed by atoms with van der Waals surface area (Å²) in [7, 11) is 1.50. The number of methoxy groups -OCH3 is 1. The molecule has 3 aromatic rings. The third-order valence-corrected chi connectivity index (χ3v) is 3.66. The van der Waals surface area contributed by atoms with Crippen LogP contribution in [0, 0.1) is 11.3 Å². The molecule has 112 valence electrons. The molecule has 2 heterocycles. The Labute approximate surface area is 139 Å². The Morgan fingerprint density at radius 1 is 1.13 bits per heavy atom. The fourth-order valence-electron chi connectivity index (χ4n) is 2.30. The third-order valence-electron chi connectivity index (χ3n) is 3.40.